The molecule has 0 aliphatic rings. The molecule has 0 radical (unpaired) electrons. The van der Waals surface area contributed by atoms with Crippen LogP contribution in [0.4, 0.5) is 10.5 Å². The lowest BCUT2D eigenvalue weighted by Gasteiger charge is -2.08. The number of ketones is 1. The van der Waals surface area contributed by atoms with Crippen LogP contribution in [0.2, 0.25) is 0 Å². The molecule has 2 N–H and O–H groups in total. The number of benzene rings is 1. The molecule has 8 nitrogen and oxygen atoms in total. The maximum atomic E-state index is 11.9. The summed E-state index contributed by atoms with van der Waals surface area (Å²) in [6.45, 7) is 4.28. The Kier molecular flexibility index (Phi) is 6.27. The molecular weight excluding hydrogens is 324 g/mol. The molecule has 1 aromatic carbocycles. The lowest BCUT2D eigenvalue weighted by atomic mass is 10.1. The van der Waals surface area contributed by atoms with E-state index in [0.29, 0.717) is 24.3 Å². The number of hydrogen-bond donors (Lipinski definition) is 2. The molecule has 0 saturated carbocycles. The molecule has 0 saturated heterocycles. The zero-order valence-corrected chi connectivity index (χ0v) is 14.1. The summed E-state index contributed by atoms with van der Waals surface area (Å²) in [5.74, 6) is -0.543. The molecule has 1 heterocycles. The molecule has 0 bridgehead atoms. The highest BCUT2D eigenvalue weighted by atomic mass is 16.5. The minimum Gasteiger partial charge on any atom is -0.461 e. The van der Waals surface area contributed by atoms with Gasteiger partial charge in [-0.15, -0.1) is 0 Å². The van der Waals surface area contributed by atoms with Gasteiger partial charge in [-0.25, -0.2) is 14.6 Å². The lowest BCUT2D eigenvalue weighted by Crippen LogP contribution is -2.31. The Morgan fingerprint density at radius 3 is 2.80 bits per heavy atom. The normalized spacial score (nSPS) is 10.2. The summed E-state index contributed by atoms with van der Waals surface area (Å²) in [7, 11) is 0. The van der Waals surface area contributed by atoms with Crippen molar-refractivity contribution in [1.29, 1.82) is 0 Å². The molecule has 0 atom stereocenters. The number of aromatic nitrogens is 2. The van der Waals surface area contributed by atoms with Crippen LogP contribution in [-0.2, 0) is 11.3 Å². The van der Waals surface area contributed by atoms with Crippen LogP contribution >= 0.6 is 0 Å². The first kappa shape index (κ1) is 18.2. The van der Waals surface area contributed by atoms with Crippen molar-refractivity contribution in [3.63, 3.8) is 0 Å². The number of nitrogens with zero attached hydrogens (tertiary/aromatic N) is 2. The standard InChI is InChI=1S/C17H20N4O4/c1-3-25-16(23)15-10-21(11-19-15)8-7-18-17(24)20-14-6-4-5-13(9-14)12(2)22/h4-6,9-11H,3,7-8H2,1-2H3,(H2,18,20,24). The second kappa shape index (κ2) is 8.62. The minimum absolute atomic E-state index is 0.0680. The molecule has 2 rings (SSSR count). The van der Waals surface area contributed by atoms with Gasteiger partial charge in [0.1, 0.15) is 0 Å². The summed E-state index contributed by atoms with van der Waals surface area (Å²) in [6.07, 6.45) is 3.07. The Labute approximate surface area is 145 Å². The number of amides is 2. The highest BCUT2D eigenvalue weighted by molar-refractivity contribution is 5.96. The van der Waals surface area contributed by atoms with Gasteiger partial charge in [0.15, 0.2) is 11.5 Å². The Balaban J connectivity index is 1.80. The monoisotopic (exact) mass is 344 g/mol. The van der Waals surface area contributed by atoms with Gasteiger partial charge >= 0.3 is 12.0 Å². The zero-order valence-electron chi connectivity index (χ0n) is 14.1. The molecule has 0 fully saturated rings. The quantitative estimate of drug-likeness (QED) is 0.591. The average Bonchev–Trinajstić information content (AvgIpc) is 3.04. The van der Waals surface area contributed by atoms with Gasteiger partial charge in [0.05, 0.1) is 12.9 Å². The molecule has 25 heavy (non-hydrogen) atoms. The summed E-state index contributed by atoms with van der Waals surface area (Å²) in [6, 6.07) is 6.32. The third-order valence-corrected chi connectivity index (χ3v) is 3.30. The van der Waals surface area contributed by atoms with Gasteiger partial charge in [-0.1, -0.05) is 12.1 Å². The van der Waals surface area contributed by atoms with E-state index in [1.807, 2.05) is 0 Å². The molecular formula is C17H20N4O4. The van der Waals surface area contributed by atoms with Crippen molar-refractivity contribution < 1.29 is 19.1 Å². The molecule has 0 spiro atoms. The van der Waals surface area contributed by atoms with E-state index in [-0.39, 0.29) is 24.1 Å². The highest BCUT2D eigenvalue weighted by Gasteiger charge is 2.10. The number of carbonyl (C=O) groups excluding carboxylic acids is 3. The smallest absolute Gasteiger partial charge is 0.358 e. The Hall–Kier alpha value is -3.16. The first-order valence-electron chi connectivity index (χ1n) is 7.84. The lowest BCUT2D eigenvalue weighted by molar-refractivity contribution is 0.0519. The zero-order chi connectivity index (χ0) is 18.2. The summed E-state index contributed by atoms with van der Waals surface area (Å²) >= 11 is 0. The van der Waals surface area contributed by atoms with Gasteiger partial charge in [-0.2, -0.15) is 0 Å². The number of urea groups is 1. The molecule has 0 unspecified atom stereocenters. The van der Waals surface area contributed by atoms with Crippen LogP contribution in [0, 0.1) is 0 Å². The summed E-state index contributed by atoms with van der Waals surface area (Å²) < 4.78 is 6.54. The fourth-order valence-corrected chi connectivity index (χ4v) is 2.08. The largest absolute Gasteiger partial charge is 0.461 e. The number of esters is 1. The van der Waals surface area contributed by atoms with E-state index >= 15 is 0 Å². The first-order valence-corrected chi connectivity index (χ1v) is 7.84. The molecule has 8 heteroatoms. The van der Waals surface area contributed by atoms with E-state index in [0.717, 1.165) is 0 Å². The molecule has 1 aromatic heterocycles. The van der Waals surface area contributed by atoms with E-state index in [1.54, 1.807) is 42.0 Å². The third-order valence-electron chi connectivity index (χ3n) is 3.30. The summed E-state index contributed by atoms with van der Waals surface area (Å²) in [5, 5.41) is 5.35. The SMILES string of the molecule is CCOC(=O)c1cn(CCNC(=O)Nc2cccc(C(C)=O)c2)cn1. The van der Waals surface area contributed by atoms with E-state index < -0.39 is 5.97 Å². The number of rotatable bonds is 7. The van der Waals surface area contributed by atoms with Crippen LogP contribution in [0.15, 0.2) is 36.8 Å². The van der Waals surface area contributed by atoms with Crippen molar-refractivity contribution in [2.24, 2.45) is 0 Å². The van der Waals surface area contributed by atoms with E-state index in [4.69, 9.17) is 4.74 Å². The van der Waals surface area contributed by atoms with Crippen LogP contribution in [0.1, 0.15) is 34.7 Å². The van der Waals surface area contributed by atoms with E-state index in [2.05, 4.69) is 15.6 Å². The van der Waals surface area contributed by atoms with Gasteiger partial charge < -0.3 is 19.9 Å². The number of ether oxygens (including phenoxy) is 1. The Morgan fingerprint density at radius 1 is 1.28 bits per heavy atom. The number of hydrogen-bond acceptors (Lipinski definition) is 5. The first-order chi connectivity index (χ1) is 12.0. The van der Waals surface area contributed by atoms with E-state index in [1.165, 1.54) is 13.3 Å². The van der Waals surface area contributed by atoms with Crippen LogP contribution in [0.25, 0.3) is 0 Å². The van der Waals surface area contributed by atoms with Gasteiger partial charge in [-0.05, 0) is 26.0 Å². The Morgan fingerprint density at radius 2 is 2.08 bits per heavy atom. The average molecular weight is 344 g/mol. The third kappa shape index (κ3) is 5.45. The van der Waals surface area contributed by atoms with Crippen molar-refractivity contribution in [2.75, 3.05) is 18.5 Å². The molecule has 132 valence electrons. The van der Waals surface area contributed by atoms with Crippen LogP contribution in [0.3, 0.4) is 0 Å². The van der Waals surface area contributed by atoms with E-state index in [9.17, 15) is 14.4 Å². The van der Waals surface area contributed by atoms with Crippen molar-refractivity contribution in [2.45, 2.75) is 20.4 Å². The minimum atomic E-state index is -0.475. The number of nitrogens with one attached hydrogen (secondary N) is 2. The van der Waals surface area contributed by atoms with Crippen LogP contribution in [0.5, 0.6) is 0 Å². The molecule has 0 aliphatic heterocycles. The Bertz CT molecular complexity index is 770. The van der Waals surface area contributed by atoms with Crippen molar-refractivity contribution in [1.82, 2.24) is 14.9 Å². The second-order valence-electron chi connectivity index (χ2n) is 5.24. The molecule has 2 amide bonds. The number of carbonyl (C=O) groups is 3. The second-order valence-corrected chi connectivity index (χ2v) is 5.24. The number of imidazole rings is 1. The fourth-order valence-electron chi connectivity index (χ4n) is 2.08. The summed E-state index contributed by atoms with van der Waals surface area (Å²) in [5.41, 5.74) is 1.30. The topological polar surface area (TPSA) is 102 Å². The summed E-state index contributed by atoms with van der Waals surface area (Å²) in [4.78, 5) is 38.7. The van der Waals surface area contributed by atoms with Crippen molar-refractivity contribution in [3.8, 4) is 0 Å². The van der Waals surface area contributed by atoms with Gasteiger partial charge in [0.2, 0.25) is 0 Å². The van der Waals surface area contributed by atoms with Crippen LogP contribution < -0.4 is 10.6 Å². The molecule has 0 aliphatic carbocycles. The van der Waals surface area contributed by atoms with Crippen molar-refractivity contribution in [3.05, 3.63) is 48.0 Å². The number of anilines is 1. The molecule has 2 aromatic rings. The fraction of sp³-hybridized carbons (Fsp3) is 0.294. The van der Waals surface area contributed by atoms with Gasteiger partial charge in [0, 0.05) is 30.5 Å². The highest BCUT2D eigenvalue weighted by Crippen LogP contribution is 2.10. The maximum absolute atomic E-state index is 11.9. The van der Waals surface area contributed by atoms with Crippen LogP contribution in [-0.4, -0.2) is 40.5 Å². The predicted molar refractivity (Wildman–Crippen MR) is 91.7 cm³/mol. The van der Waals surface area contributed by atoms with Gasteiger partial charge in [0.25, 0.3) is 0 Å². The number of Topliss-reactive ketones (excluding diaryl/α,β-unsaturated/α-hetero) is 1. The van der Waals surface area contributed by atoms with Crippen molar-refractivity contribution >= 4 is 23.5 Å². The maximum Gasteiger partial charge on any atom is 0.358 e. The predicted octanol–water partition coefficient (Wildman–Crippen LogP) is 2.08. The van der Waals surface area contributed by atoms with Gasteiger partial charge in [-0.3, -0.25) is 4.79 Å².